The lowest BCUT2D eigenvalue weighted by Crippen LogP contribution is -2.06. The molecule has 0 bridgehead atoms. The van der Waals surface area contributed by atoms with E-state index >= 15 is 0 Å². The Balaban J connectivity index is 1.59. The monoisotopic (exact) mass is 391 g/mol. The van der Waals surface area contributed by atoms with Gasteiger partial charge < -0.3 is 4.57 Å². The molecule has 1 aromatic carbocycles. The standard InChI is InChI=1S/C21H21N5OS/c1-4-25-14(2)10-17(15(25)3)19(27)12-28-21-18-11-24-26(20(18)22-13-23-21)16-8-6-5-7-9-16/h5-11,13H,4,12H2,1-3H3. The zero-order valence-electron chi connectivity index (χ0n) is 16.1. The van der Waals surface area contributed by atoms with Crippen molar-refractivity contribution in [2.24, 2.45) is 0 Å². The number of rotatable bonds is 6. The second-order valence-corrected chi connectivity index (χ2v) is 7.51. The number of fused-ring (bicyclic) bond motifs is 1. The zero-order valence-corrected chi connectivity index (χ0v) is 16.9. The van der Waals surface area contributed by atoms with Gasteiger partial charge in [-0.2, -0.15) is 5.10 Å². The van der Waals surface area contributed by atoms with Gasteiger partial charge in [-0.15, -0.1) is 0 Å². The number of ketones is 1. The van der Waals surface area contributed by atoms with E-state index in [1.54, 1.807) is 10.9 Å². The van der Waals surface area contributed by atoms with Crippen LogP contribution in [-0.2, 0) is 6.54 Å². The number of aromatic nitrogens is 5. The summed E-state index contributed by atoms with van der Waals surface area (Å²) in [4.78, 5) is 21.6. The molecule has 0 radical (unpaired) electrons. The summed E-state index contributed by atoms with van der Waals surface area (Å²) >= 11 is 1.43. The van der Waals surface area contributed by atoms with Crippen LogP contribution in [-0.4, -0.2) is 35.9 Å². The van der Waals surface area contributed by atoms with Crippen molar-refractivity contribution in [2.75, 3.05) is 5.75 Å². The second-order valence-electron chi connectivity index (χ2n) is 6.55. The molecule has 4 aromatic rings. The summed E-state index contributed by atoms with van der Waals surface area (Å²) in [6, 6.07) is 11.8. The van der Waals surface area contributed by atoms with Gasteiger partial charge in [-0.25, -0.2) is 14.6 Å². The fourth-order valence-corrected chi connectivity index (χ4v) is 4.32. The minimum atomic E-state index is 0.111. The van der Waals surface area contributed by atoms with Crippen molar-refractivity contribution in [3.63, 3.8) is 0 Å². The lowest BCUT2D eigenvalue weighted by atomic mass is 10.2. The summed E-state index contributed by atoms with van der Waals surface area (Å²) in [6.07, 6.45) is 3.29. The molecular formula is C21H21N5OS. The minimum absolute atomic E-state index is 0.111. The van der Waals surface area contributed by atoms with Crippen LogP contribution in [0.25, 0.3) is 16.7 Å². The molecule has 0 N–H and O–H groups in total. The molecule has 0 aliphatic heterocycles. The molecular weight excluding hydrogens is 370 g/mol. The highest BCUT2D eigenvalue weighted by Gasteiger charge is 2.17. The first-order valence-corrected chi connectivity index (χ1v) is 10.2. The lowest BCUT2D eigenvalue weighted by Gasteiger charge is -2.06. The summed E-state index contributed by atoms with van der Waals surface area (Å²) in [5.41, 5.74) is 4.60. The number of aryl methyl sites for hydroxylation is 1. The van der Waals surface area contributed by atoms with Crippen molar-refractivity contribution in [3.05, 3.63) is 65.9 Å². The molecule has 0 aliphatic rings. The third kappa shape index (κ3) is 3.22. The average Bonchev–Trinajstić information content (AvgIpc) is 3.27. The first kappa shape index (κ1) is 18.4. The Kier molecular flexibility index (Phi) is 5.00. The zero-order chi connectivity index (χ0) is 19.7. The Morgan fingerprint density at radius 3 is 2.64 bits per heavy atom. The summed E-state index contributed by atoms with van der Waals surface area (Å²) in [6.45, 7) is 6.99. The van der Waals surface area contributed by atoms with Crippen LogP contribution in [0.15, 0.2) is 53.9 Å². The van der Waals surface area contributed by atoms with E-state index in [1.807, 2.05) is 50.2 Å². The molecule has 3 heterocycles. The maximum Gasteiger partial charge on any atom is 0.174 e. The van der Waals surface area contributed by atoms with E-state index in [-0.39, 0.29) is 5.78 Å². The van der Waals surface area contributed by atoms with E-state index in [1.165, 1.54) is 18.1 Å². The van der Waals surface area contributed by atoms with Crippen LogP contribution in [0.2, 0.25) is 0 Å². The highest BCUT2D eigenvalue weighted by molar-refractivity contribution is 8.00. The summed E-state index contributed by atoms with van der Waals surface area (Å²) < 4.78 is 3.95. The van der Waals surface area contributed by atoms with Crippen LogP contribution in [0, 0.1) is 13.8 Å². The Labute approximate surface area is 167 Å². The number of Topliss-reactive ketones (excluding diaryl/α,β-unsaturated/α-hetero) is 1. The van der Waals surface area contributed by atoms with E-state index in [0.29, 0.717) is 5.75 Å². The molecule has 7 heteroatoms. The highest BCUT2D eigenvalue weighted by Crippen LogP contribution is 2.27. The fourth-order valence-electron chi connectivity index (χ4n) is 3.48. The maximum absolute atomic E-state index is 12.8. The molecule has 0 spiro atoms. The molecule has 0 fully saturated rings. The highest BCUT2D eigenvalue weighted by atomic mass is 32.2. The largest absolute Gasteiger partial charge is 0.349 e. The number of para-hydroxylation sites is 1. The van der Waals surface area contributed by atoms with Gasteiger partial charge in [0.2, 0.25) is 0 Å². The van der Waals surface area contributed by atoms with Crippen LogP contribution in [0.4, 0.5) is 0 Å². The number of thioether (sulfide) groups is 1. The molecule has 0 amide bonds. The molecule has 0 atom stereocenters. The van der Waals surface area contributed by atoms with Gasteiger partial charge >= 0.3 is 0 Å². The van der Waals surface area contributed by atoms with Crippen molar-refractivity contribution >= 4 is 28.6 Å². The predicted octanol–water partition coefficient (Wildman–Crippen LogP) is 4.23. The van der Waals surface area contributed by atoms with Crippen molar-refractivity contribution in [2.45, 2.75) is 32.3 Å². The molecule has 0 aliphatic carbocycles. The summed E-state index contributed by atoms with van der Waals surface area (Å²) in [7, 11) is 0. The van der Waals surface area contributed by atoms with Gasteiger partial charge in [0.15, 0.2) is 11.4 Å². The third-order valence-electron chi connectivity index (χ3n) is 4.86. The Morgan fingerprint density at radius 1 is 1.14 bits per heavy atom. The van der Waals surface area contributed by atoms with E-state index in [9.17, 15) is 4.79 Å². The van der Waals surface area contributed by atoms with E-state index < -0.39 is 0 Å². The van der Waals surface area contributed by atoms with Gasteiger partial charge in [-0.1, -0.05) is 30.0 Å². The molecule has 28 heavy (non-hydrogen) atoms. The number of carbonyl (C=O) groups is 1. The van der Waals surface area contributed by atoms with Crippen LogP contribution in [0.1, 0.15) is 28.7 Å². The summed E-state index contributed by atoms with van der Waals surface area (Å²) in [5.74, 6) is 0.441. The fraction of sp³-hybridized carbons (Fsp3) is 0.238. The Bertz CT molecular complexity index is 1150. The molecule has 0 saturated heterocycles. The van der Waals surface area contributed by atoms with Crippen LogP contribution in [0.3, 0.4) is 0 Å². The normalized spacial score (nSPS) is 11.2. The van der Waals surface area contributed by atoms with Gasteiger partial charge in [-0.3, -0.25) is 4.79 Å². The number of carbonyl (C=O) groups excluding carboxylic acids is 1. The van der Waals surface area contributed by atoms with Gasteiger partial charge in [0, 0.05) is 23.5 Å². The van der Waals surface area contributed by atoms with Gasteiger partial charge in [0.05, 0.1) is 23.0 Å². The van der Waals surface area contributed by atoms with E-state index in [4.69, 9.17) is 0 Å². The van der Waals surface area contributed by atoms with Gasteiger partial charge in [0.25, 0.3) is 0 Å². The minimum Gasteiger partial charge on any atom is -0.349 e. The van der Waals surface area contributed by atoms with Crippen LogP contribution >= 0.6 is 11.8 Å². The van der Waals surface area contributed by atoms with Gasteiger partial charge in [-0.05, 0) is 39.0 Å². The van der Waals surface area contributed by atoms with Crippen LogP contribution in [0.5, 0.6) is 0 Å². The van der Waals surface area contributed by atoms with Crippen molar-refractivity contribution in [3.8, 4) is 5.69 Å². The van der Waals surface area contributed by atoms with Gasteiger partial charge in [0.1, 0.15) is 11.4 Å². The van der Waals surface area contributed by atoms with E-state index in [0.717, 1.165) is 45.2 Å². The molecule has 142 valence electrons. The summed E-state index contributed by atoms with van der Waals surface area (Å²) in [5, 5.41) is 6.08. The third-order valence-corrected chi connectivity index (χ3v) is 5.87. The number of hydrogen-bond acceptors (Lipinski definition) is 5. The number of benzene rings is 1. The first-order chi connectivity index (χ1) is 13.6. The number of nitrogens with zero attached hydrogens (tertiary/aromatic N) is 5. The lowest BCUT2D eigenvalue weighted by molar-refractivity contribution is 0.102. The molecule has 3 aromatic heterocycles. The maximum atomic E-state index is 12.8. The van der Waals surface area contributed by atoms with Crippen molar-refractivity contribution < 1.29 is 4.79 Å². The average molecular weight is 392 g/mol. The Hall–Kier alpha value is -2.93. The van der Waals surface area contributed by atoms with Crippen molar-refractivity contribution in [1.29, 1.82) is 0 Å². The van der Waals surface area contributed by atoms with E-state index in [2.05, 4.69) is 26.6 Å². The SMILES string of the molecule is CCn1c(C)cc(C(=O)CSc2ncnc3c2cnn3-c2ccccc2)c1C. The van der Waals surface area contributed by atoms with Crippen molar-refractivity contribution in [1.82, 2.24) is 24.3 Å². The smallest absolute Gasteiger partial charge is 0.174 e. The topological polar surface area (TPSA) is 65.6 Å². The first-order valence-electron chi connectivity index (χ1n) is 9.17. The number of hydrogen-bond donors (Lipinski definition) is 0. The molecule has 0 saturated carbocycles. The molecule has 0 unspecified atom stereocenters. The van der Waals surface area contributed by atoms with Crippen LogP contribution < -0.4 is 0 Å². The molecule has 6 nitrogen and oxygen atoms in total. The Morgan fingerprint density at radius 2 is 1.93 bits per heavy atom. The predicted molar refractivity (Wildman–Crippen MR) is 111 cm³/mol. The second kappa shape index (κ2) is 7.59. The molecule has 4 rings (SSSR count). The quantitative estimate of drug-likeness (QED) is 0.280.